The third kappa shape index (κ3) is 6.84. The molecule has 2 rings (SSSR count). The zero-order chi connectivity index (χ0) is 18.1. The molecule has 0 bridgehead atoms. The van der Waals surface area contributed by atoms with E-state index in [1.165, 1.54) is 32.6 Å². The molecule has 25 heavy (non-hydrogen) atoms. The van der Waals surface area contributed by atoms with E-state index in [1.54, 1.807) is 0 Å². The van der Waals surface area contributed by atoms with Gasteiger partial charge in [0.15, 0.2) is 5.96 Å². The summed E-state index contributed by atoms with van der Waals surface area (Å²) in [6, 6.07) is 7.96. The summed E-state index contributed by atoms with van der Waals surface area (Å²) in [7, 11) is 6.09. The lowest BCUT2D eigenvalue weighted by Gasteiger charge is -2.24. The summed E-state index contributed by atoms with van der Waals surface area (Å²) in [6.45, 7) is 7.61. The van der Waals surface area contributed by atoms with E-state index in [0.29, 0.717) is 0 Å². The summed E-state index contributed by atoms with van der Waals surface area (Å²) in [5.74, 6) is 0.913. The van der Waals surface area contributed by atoms with Crippen LogP contribution in [0.5, 0.6) is 0 Å². The van der Waals surface area contributed by atoms with Gasteiger partial charge in [-0.05, 0) is 51.2 Å². The van der Waals surface area contributed by atoms with E-state index in [4.69, 9.17) is 11.6 Å². The average Bonchev–Trinajstić information content (AvgIpc) is 2.81. The van der Waals surface area contributed by atoms with Crippen LogP contribution in [0.2, 0.25) is 5.02 Å². The van der Waals surface area contributed by atoms with Crippen molar-refractivity contribution in [3.63, 3.8) is 0 Å². The molecule has 1 saturated heterocycles. The number of guanidine groups is 1. The van der Waals surface area contributed by atoms with Crippen molar-refractivity contribution in [3.8, 4) is 0 Å². The second-order valence-electron chi connectivity index (χ2n) is 6.77. The van der Waals surface area contributed by atoms with Gasteiger partial charge in [-0.2, -0.15) is 0 Å². The van der Waals surface area contributed by atoms with Gasteiger partial charge in [-0.15, -0.1) is 0 Å². The van der Waals surface area contributed by atoms with Crippen LogP contribution in [0.1, 0.15) is 18.4 Å². The maximum Gasteiger partial charge on any atom is 0.193 e. The van der Waals surface area contributed by atoms with E-state index in [-0.39, 0.29) is 0 Å². The number of rotatable bonds is 6. The Bertz CT molecular complexity index is 548. The maximum absolute atomic E-state index is 6.26. The van der Waals surface area contributed by atoms with Gasteiger partial charge in [-0.3, -0.25) is 4.99 Å². The summed E-state index contributed by atoms with van der Waals surface area (Å²) >= 11 is 6.26. The third-order valence-corrected chi connectivity index (χ3v) is 5.05. The van der Waals surface area contributed by atoms with Gasteiger partial charge < -0.3 is 20.0 Å². The standard InChI is InChI=1S/C19H32ClN5/c1-21-19(24(3)16-17-8-4-5-9-18(17)20)22-10-6-12-25-13-7-11-23(2)14-15-25/h4-5,8-9H,6-7,10-16H2,1-3H3,(H,21,22). The van der Waals surface area contributed by atoms with Crippen molar-refractivity contribution in [2.45, 2.75) is 19.4 Å². The summed E-state index contributed by atoms with van der Waals surface area (Å²) < 4.78 is 0. The first-order valence-electron chi connectivity index (χ1n) is 9.16. The lowest BCUT2D eigenvalue weighted by atomic mass is 10.2. The van der Waals surface area contributed by atoms with E-state index in [1.807, 2.05) is 32.3 Å². The summed E-state index contributed by atoms with van der Waals surface area (Å²) in [6.07, 6.45) is 2.40. The quantitative estimate of drug-likeness (QED) is 0.477. The number of aliphatic imine (C=N–C) groups is 1. The van der Waals surface area contributed by atoms with Crippen molar-refractivity contribution >= 4 is 17.6 Å². The maximum atomic E-state index is 6.26. The molecule has 1 aromatic carbocycles. The Kier molecular flexibility index (Phi) is 8.52. The lowest BCUT2D eigenvalue weighted by Crippen LogP contribution is -2.40. The number of hydrogen-bond donors (Lipinski definition) is 1. The monoisotopic (exact) mass is 365 g/mol. The van der Waals surface area contributed by atoms with Crippen LogP contribution >= 0.6 is 11.6 Å². The Labute approximate surface area is 157 Å². The van der Waals surface area contributed by atoms with Crippen molar-refractivity contribution in [1.29, 1.82) is 0 Å². The Morgan fingerprint density at radius 2 is 2.04 bits per heavy atom. The molecule has 0 spiro atoms. The number of likely N-dealkylation sites (N-methyl/N-ethyl adjacent to an activating group) is 1. The second-order valence-corrected chi connectivity index (χ2v) is 7.18. The van der Waals surface area contributed by atoms with Crippen molar-refractivity contribution in [3.05, 3.63) is 34.9 Å². The highest BCUT2D eigenvalue weighted by molar-refractivity contribution is 6.31. The average molecular weight is 366 g/mol. The van der Waals surface area contributed by atoms with Gasteiger partial charge in [0, 0.05) is 45.3 Å². The highest BCUT2D eigenvalue weighted by Gasteiger charge is 2.12. The van der Waals surface area contributed by atoms with E-state index in [9.17, 15) is 0 Å². The molecule has 0 unspecified atom stereocenters. The fraction of sp³-hybridized carbons (Fsp3) is 0.632. The van der Waals surface area contributed by atoms with Gasteiger partial charge in [0.1, 0.15) is 0 Å². The number of benzene rings is 1. The van der Waals surface area contributed by atoms with E-state index in [0.717, 1.165) is 42.6 Å². The molecule has 1 heterocycles. The van der Waals surface area contributed by atoms with Gasteiger partial charge in [-0.25, -0.2) is 0 Å². The largest absolute Gasteiger partial charge is 0.356 e. The summed E-state index contributed by atoms with van der Waals surface area (Å²) in [5, 5.41) is 4.27. The SMILES string of the molecule is CN=C(NCCCN1CCCN(C)CC1)N(C)Cc1ccccc1Cl. The molecule has 0 radical (unpaired) electrons. The Hall–Kier alpha value is -1.30. The highest BCUT2D eigenvalue weighted by Crippen LogP contribution is 2.16. The van der Waals surface area contributed by atoms with Crippen molar-refractivity contribution < 1.29 is 0 Å². The molecule has 1 aliphatic rings. The first-order valence-corrected chi connectivity index (χ1v) is 9.54. The van der Waals surface area contributed by atoms with Crippen molar-refractivity contribution in [1.82, 2.24) is 20.0 Å². The minimum absolute atomic E-state index is 0.748. The number of nitrogens with zero attached hydrogens (tertiary/aromatic N) is 4. The van der Waals surface area contributed by atoms with Gasteiger partial charge in [0.25, 0.3) is 0 Å². The molecule has 0 aromatic heterocycles. The molecule has 0 aliphatic carbocycles. The molecule has 0 amide bonds. The van der Waals surface area contributed by atoms with Crippen LogP contribution in [0, 0.1) is 0 Å². The Morgan fingerprint density at radius 1 is 1.24 bits per heavy atom. The molecule has 1 fully saturated rings. The molecule has 140 valence electrons. The molecule has 0 saturated carbocycles. The van der Waals surface area contributed by atoms with Gasteiger partial charge in [0.05, 0.1) is 0 Å². The number of hydrogen-bond acceptors (Lipinski definition) is 3. The first kappa shape index (κ1) is 20.0. The van der Waals surface area contributed by atoms with E-state index >= 15 is 0 Å². The van der Waals surface area contributed by atoms with E-state index < -0.39 is 0 Å². The lowest BCUT2D eigenvalue weighted by molar-refractivity contribution is 0.273. The second kappa shape index (κ2) is 10.6. The minimum Gasteiger partial charge on any atom is -0.356 e. The predicted molar refractivity (Wildman–Crippen MR) is 107 cm³/mol. The van der Waals surface area contributed by atoms with Crippen LogP contribution in [0.15, 0.2) is 29.3 Å². The molecular formula is C19H32ClN5. The van der Waals surface area contributed by atoms with Crippen LogP contribution < -0.4 is 5.32 Å². The predicted octanol–water partition coefficient (Wildman–Crippen LogP) is 2.37. The van der Waals surface area contributed by atoms with Gasteiger partial charge in [-0.1, -0.05) is 29.8 Å². The third-order valence-electron chi connectivity index (χ3n) is 4.69. The molecule has 1 N–H and O–H groups in total. The molecule has 0 atom stereocenters. The molecule has 1 aromatic rings. The smallest absolute Gasteiger partial charge is 0.193 e. The molecular weight excluding hydrogens is 334 g/mol. The van der Waals surface area contributed by atoms with Crippen LogP contribution in [-0.2, 0) is 6.54 Å². The van der Waals surface area contributed by atoms with Crippen molar-refractivity contribution in [2.24, 2.45) is 4.99 Å². The first-order chi connectivity index (χ1) is 12.1. The molecule has 5 nitrogen and oxygen atoms in total. The summed E-state index contributed by atoms with van der Waals surface area (Å²) in [4.78, 5) is 11.5. The van der Waals surface area contributed by atoms with Crippen molar-refractivity contribution in [2.75, 3.05) is 60.4 Å². The van der Waals surface area contributed by atoms with Crippen LogP contribution in [0.25, 0.3) is 0 Å². The van der Waals surface area contributed by atoms with Crippen LogP contribution in [0.4, 0.5) is 0 Å². The van der Waals surface area contributed by atoms with Gasteiger partial charge >= 0.3 is 0 Å². The molecule has 1 aliphatic heterocycles. The summed E-state index contributed by atoms with van der Waals surface area (Å²) in [5.41, 5.74) is 1.11. The van der Waals surface area contributed by atoms with Crippen LogP contribution in [-0.4, -0.2) is 81.1 Å². The number of nitrogens with one attached hydrogen (secondary N) is 1. The Balaban J connectivity index is 1.72. The fourth-order valence-corrected chi connectivity index (χ4v) is 3.36. The zero-order valence-corrected chi connectivity index (χ0v) is 16.6. The number of halogens is 1. The fourth-order valence-electron chi connectivity index (χ4n) is 3.17. The topological polar surface area (TPSA) is 34.1 Å². The highest BCUT2D eigenvalue weighted by atomic mass is 35.5. The van der Waals surface area contributed by atoms with E-state index in [2.05, 4.69) is 38.1 Å². The van der Waals surface area contributed by atoms with Crippen LogP contribution in [0.3, 0.4) is 0 Å². The zero-order valence-electron chi connectivity index (χ0n) is 15.8. The normalized spacial score (nSPS) is 17.4. The Morgan fingerprint density at radius 3 is 2.80 bits per heavy atom. The minimum atomic E-state index is 0.748. The molecule has 6 heteroatoms. The van der Waals surface area contributed by atoms with Gasteiger partial charge in [0.2, 0.25) is 0 Å².